The molecule has 2 N–H and O–H groups in total. The summed E-state index contributed by atoms with van der Waals surface area (Å²) >= 11 is 0. The average Bonchev–Trinajstić information content (AvgIpc) is 2.41. The minimum Gasteiger partial charge on any atom is -0.469 e. The Morgan fingerprint density at radius 3 is 2.84 bits per heavy atom. The largest absolute Gasteiger partial charge is 0.469 e. The van der Waals surface area contributed by atoms with Crippen LogP contribution < -0.4 is 5.73 Å². The molecule has 1 aromatic carbocycles. The predicted molar refractivity (Wildman–Crippen MR) is 71.9 cm³/mol. The second-order valence-corrected chi connectivity index (χ2v) is 4.55. The zero-order chi connectivity index (χ0) is 14.3. The van der Waals surface area contributed by atoms with E-state index in [2.05, 4.69) is 4.74 Å². The molecule has 0 aliphatic heterocycles. The Morgan fingerprint density at radius 2 is 2.21 bits per heavy atom. The second kappa shape index (κ2) is 7.86. The van der Waals surface area contributed by atoms with Crippen molar-refractivity contribution in [2.24, 2.45) is 5.73 Å². The number of nitrogens with two attached hydrogens (primary N) is 1. The summed E-state index contributed by atoms with van der Waals surface area (Å²) in [6.45, 7) is 1.61. The van der Waals surface area contributed by atoms with Gasteiger partial charge in [0.15, 0.2) is 0 Å². The molecule has 1 rings (SSSR count). The smallest absolute Gasteiger partial charge is 0.305 e. The molecular weight excluding hydrogens is 247 g/mol. The molecular formula is C14H21FN2O2. The van der Waals surface area contributed by atoms with Crippen LogP contribution in [0.4, 0.5) is 4.39 Å². The lowest BCUT2D eigenvalue weighted by Crippen LogP contribution is -2.21. The fraction of sp³-hybridized carbons (Fsp3) is 0.500. The van der Waals surface area contributed by atoms with Crippen LogP contribution in [0.15, 0.2) is 18.2 Å². The Balaban J connectivity index is 2.47. The number of rotatable bonds is 7. The maximum atomic E-state index is 13.6. The number of hydrogen-bond acceptors (Lipinski definition) is 4. The number of benzene rings is 1. The lowest BCUT2D eigenvalue weighted by molar-refractivity contribution is -0.140. The van der Waals surface area contributed by atoms with Crippen molar-refractivity contribution in [3.63, 3.8) is 0 Å². The summed E-state index contributed by atoms with van der Waals surface area (Å²) in [7, 11) is 3.27. The summed E-state index contributed by atoms with van der Waals surface area (Å²) in [6.07, 6.45) is 1.08. The van der Waals surface area contributed by atoms with Crippen molar-refractivity contribution in [2.75, 3.05) is 20.7 Å². The summed E-state index contributed by atoms with van der Waals surface area (Å²) in [5, 5.41) is 0. The molecule has 0 bridgehead atoms. The molecule has 0 radical (unpaired) electrons. The van der Waals surface area contributed by atoms with Crippen LogP contribution in [0, 0.1) is 5.82 Å². The monoisotopic (exact) mass is 268 g/mol. The van der Waals surface area contributed by atoms with Crippen LogP contribution >= 0.6 is 0 Å². The topological polar surface area (TPSA) is 55.6 Å². The first-order valence-electron chi connectivity index (χ1n) is 6.29. The Kier molecular flexibility index (Phi) is 6.45. The summed E-state index contributed by atoms with van der Waals surface area (Å²) in [5.74, 6) is -0.443. The van der Waals surface area contributed by atoms with Gasteiger partial charge in [-0.2, -0.15) is 0 Å². The highest BCUT2D eigenvalue weighted by molar-refractivity contribution is 5.69. The molecule has 1 aromatic rings. The molecule has 0 spiro atoms. The molecule has 19 heavy (non-hydrogen) atoms. The molecule has 0 aromatic heterocycles. The highest BCUT2D eigenvalue weighted by atomic mass is 19.1. The number of halogens is 1. The van der Waals surface area contributed by atoms with E-state index in [1.165, 1.54) is 13.2 Å². The first-order valence-corrected chi connectivity index (χ1v) is 6.29. The standard InChI is InChI=1S/C14H21FN2O2/c1-17(7-3-4-14(18)19-2)10-12-8-11(9-16)5-6-13(12)15/h5-6,8H,3-4,7,9-10,16H2,1-2H3. The van der Waals surface area contributed by atoms with Crippen LogP contribution in [-0.2, 0) is 22.6 Å². The second-order valence-electron chi connectivity index (χ2n) is 4.55. The van der Waals surface area contributed by atoms with E-state index in [1.54, 1.807) is 12.1 Å². The van der Waals surface area contributed by atoms with E-state index in [0.29, 0.717) is 38.0 Å². The number of hydrogen-bond donors (Lipinski definition) is 1. The van der Waals surface area contributed by atoms with Gasteiger partial charge in [-0.15, -0.1) is 0 Å². The third-order valence-corrected chi connectivity index (χ3v) is 2.93. The van der Waals surface area contributed by atoms with Gasteiger partial charge in [-0.25, -0.2) is 4.39 Å². The first-order chi connectivity index (χ1) is 9.06. The minimum atomic E-state index is -0.225. The van der Waals surface area contributed by atoms with Crippen molar-refractivity contribution in [2.45, 2.75) is 25.9 Å². The van der Waals surface area contributed by atoms with Gasteiger partial charge in [-0.1, -0.05) is 12.1 Å². The van der Waals surface area contributed by atoms with Gasteiger partial charge < -0.3 is 15.4 Å². The fourth-order valence-corrected chi connectivity index (χ4v) is 1.84. The van der Waals surface area contributed by atoms with Crippen LogP contribution in [0.2, 0.25) is 0 Å². The van der Waals surface area contributed by atoms with Crippen molar-refractivity contribution in [3.05, 3.63) is 35.1 Å². The zero-order valence-corrected chi connectivity index (χ0v) is 11.5. The van der Waals surface area contributed by atoms with E-state index in [0.717, 1.165) is 5.56 Å². The molecule has 106 valence electrons. The first kappa shape index (κ1) is 15.6. The van der Waals surface area contributed by atoms with E-state index < -0.39 is 0 Å². The van der Waals surface area contributed by atoms with Gasteiger partial charge in [0.1, 0.15) is 5.82 Å². The van der Waals surface area contributed by atoms with Crippen molar-refractivity contribution >= 4 is 5.97 Å². The SMILES string of the molecule is COC(=O)CCCN(C)Cc1cc(CN)ccc1F. The van der Waals surface area contributed by atoms with Gasteiger partial charge in [0.05, 0.1) is 7.11 Å². The molecule has 0 atom stereocenters. The van der Waals surface area contributed by atoms with Gasteiger partial charge in [0, 0.05) is 25.1 Å². The van der Waals surface area contributed by atoms with Crippen molar-refractivity contribution in [3.8, 4) is 0 Å². The number of ether oxygens (including phenoxy) is 1. The molecule has 0 saturated carbocycles. The molecule has 0 saturated heterocycles. The van der Waals surface area contributed by atoms with Gasteiger partial charge in [-0.05, 0) is 31.6 Å². The molecule has 0 unspecified atom stereocenters. The van der Waals surface area contributed by atoms with Gasteiger partial charge in [0.25, 0.3) is 0 Å². The number of nitrogens with zero attached hydrogens (tertiary/aromatic N) is 1. The minimum absolute atomic E-state index is 0.218. The predicted octanol–water partition coefficient (Wildman–Crippen LogP) is 1.67. The van der Waals surface area contributed by atoms with Gasteiger partial charge >= 0.3 is 5.97 Å². The van der Waals surface area contributed by atoms with Gasteiger partial charge in [0.2, 0.25) is 0 Å². The Labute approximate surface area is 113 Å². The quantitative estimate of drug-likeness (QED) is 0.764. The van der Waals surface area contributed by atoms with Crippen molar-refractivity contribution in [1.82, 2.24) is 4.90 Å². The average molecular weight is 268 g/mol. The highest BCUT2D eigenvalue weighted by Gasteiger charge is 2.08. The van der Waals surface area contributed by atoms with Crippen molar-refractivity contribution < 1.29 is 13.9 Å². The number of methoxy groups -OCH3 is 1. The van der Waals surface area contributed by atoms with E-state index in [9.17, 15) is 9.18 Å². The van der Waals surface area contributed by atoms with Crippen molar-refractivity contribution in [1.29, 1.82) is 0 Å². The lowest BCUT2D eigenvalue weighted by Gasteiger charge is -2.17. The Hall–Kier alpha value is -1.46. The lowest BCUT2D eigenvalue weighted by atomic mass is 10.1. The summed E-state index contributed by atoms with van der Waals surface area (Å²) < 4.78 is 18.2. The Bertz CT molecular complexity index is 424. The summed E-state index contributed by atoms with van der Waals surface area (Å²) in [6, 6.07) is 4.92. The summed E-state index contributed by atoms with van der Waals surface area (Å²) in [5.41, 5.74) is 7.09. The number of carbonyl (C=O) groups is 1. The zero-order valence-electron chi connectivity index (χ0n) is 11.5. The van der Waals surface area contributed by atoms with Crippen LogP contribution in [0.5, 0.6) is 0 Å². The number of esters is 1. The van der Waals surface area contributed by atoms with Crippen LogP contribution in [0.25, 0.3) is 0 Å². The van der Waals surface area contributed by atoms with Crippen LogP contribution in [0.1, 0.15) is 24.0 Å². The molecule has 0 aliphatic rings. The third-order valence-electron chi connectivity index (χ3n) is 2.93. The normalized spacial score (nSPS) is 10.8. The van der Waals surface area contributed by atoms with E-state index in [-0.39, 0.29) is 11.8 Å². The van der Waals surface area contributed by atoms with E-state index in [1.807, 2.05) is 11.9 Å². The molecule has 0 heterocycles. The molecule has 0 aliphatic carbocycles. The molecule has 5 heteroatoms. The molecule has 0 amide bonds. The fourth-order valence-electron chi connectivity index (χ4n) is 1.84. The van der Waals surface area contributed by atoms with E-state index >= 15 is 0 Å². The maximum absolute atomic E-state index is 13.6. The van der Waals surface area contributed by atoms with Gasteiger partial charge in [-0.3, -0.25) is 4.79 Å². The van der Waals surface area contributed by atoms with E-state index in [4.69, 9.17) is 5.73 Å². The molecule has 0 fully saturated rings. The third kappa shape index (κ3) is 5.36. The summed E-state index contributed by atoms with van der Waals surface area (Å²) in [4.78, 5) is 12.9. The maximum Gasteiger partial charge on any atom is 0.305 e. The number of carbonyl (C=O) groups excluding carboxylic acids is 1. The highest BCUT2D eigenvalue weighted by Crippen LogP contribution is 2.12. The molecule has 4 nitrogen and oxygen atoms in total. The van der Waals surface area contributed by atoms with Crippen LogP contribution in [0.3, 0.4) is 0 Å². The Morgan fingerprint density at radius 1 is 1.47 bits per heavy atom. The van der Waals surface area contributed by atoms with Crippen LogP contribution in [-0.4, -0.2) is 31.6 Å².